The average molecular weight is 420 g/mol. The van der Waals surface area contributed by atoms with E-state index in [0.29, 0.717) is 17.7 Å². The fourth-order valence-corrected chi connectivity index (χ4v) is 2.37. The third-order valence-electron chi connectivity index (χ3n) is 3.69. The number of halogens is 6. The van der Waals surface area contributed by atoms with Crippen LogP contribution in [-0.4, -0.2) is 19.1 Å². The Labute approximate surface area is 160 Å². The van der Waals surface area contributed by atoms with Crippen LogP contribution in [0.5, 0.6) is 0 Å². The van der Waals surface area contributed by atoms with Crippen LogP contribution in [-0.2, 0) is 21.9 Å². The first-order chi connectivity index (χ1) is 13.4. The molecule has 0 saturated heterocycles. The third kappa shape index (κ3) is 5.87. The molecule has 29 heavy (non-hydrogen) atoms. The Hall–Kier alpha value is -3.24. The van der Waals surface area contributed by atoms with Gasteiger partial charge in [0.2, 0.25) is 0 Å². The molecule has 0 bridgehead atoms. The zero-order chi connectivity index (χ0) is 21.8. The van der Waals surface area contributed by atoms with Crippen LogP contribution in [0.25, 0.3) is 0 Å². The van der Waals surface area contributed by atoms with E-state index in [1.165, 1.54) is 12.1 Å². The number of hydrogen-bond acceptors (Lipinski definition) is 3. The lowest BCUT2D eigenvalue weighted by Gasteiger charge is -2.18. The minimum absolute atomic E-state index is 0.0652. The molecule has 0 aliphatic heterocycles. The average Bonchev–Trinajstić information content (AvgIpc) is 2.64. The van der Waals surface area contributed by atoms with E-state index in [-0.39, 0.29) is 6.07 Å². The normalized spacial score (nSPS) is 12.8. The lowest BCUT2D eigenvalue weighted by molar-refractivity contribution is -0.144. The number of alkyl halides is 6. The van der Waals surface area contributed by atoms with Gasteiger partial charge in [-0.25, -0.2) is 9.59 Å². The monoisotopic (exact) mass is 420 g/mol. The lowest BCUT2D eigenvalue weighted by Crippen LogP contribution is -2.37. The van der Waals surface area contributed by atoms with Crippen LogP contribution in [0.4, 0.5) is 36.8 Å². The van der Waals surface area contributed by atoms with Crippen LogP contribution in [0.3, 0.4) is 0 Å². The quantitative estimate of drug-likeness (QED) is 0.554. The Morgan fingerprint density at radius 2 is 1.41 bits per heavy atom. The topological polar surface area (TPSA) is 67.4 Å². The maximum atomic E-state index is 12.9. The van der Waals surface area contributed by atoms with Crippen molar-refractivity contribution in [3.8, 4) is 0 Å². The number of carbonyl (C=O) groups excluding carboxylic acids is 2. The predicted octanol–water partition coefficient (Wildman–Crippen LogP) is 4.76. The van der Waals surface area contributed by atoms with Gasteiger partial charge in [0, 0.05) is 5.69 Å². The summed E-state index contributed by atoms with van der Waals surface area (Å²) in [4.78, 5) is 24.1. The van der Waals surface area contributed by atoms with Crippen molar-refractivity contribution in [2.75, 3.05) is 12.4 Å². The van der Waals surface area contributed by atoms with Crippen LogP contribution in [0, 0.1) is 0 Å². The smallest absolute Gasteiger partial charge is 0.416 e. The highest BCUT2D eigenvalue weighted by molar-refractivity contribution is 5.93. The van der Waals surface area contributed by atoms with Gasteiger partial charge < -0.3 is 15.4 Å². The number of hydrogen-bond donors (Lipinski definition) is 2. The van der Waals surface area contributed by atoms with Crippen LogP contribution < -0.4 is 10.6 Å². The summed E-state index contributed by atoms with van der Waals surface area (Å²) in [5.74, 6) is -0.883. The van der Waals surface area contributed by atoms with Crippen LogP contribution in [0.15, 0.2) is 48.5 Å². The van der Waals surface area contributed by atoms with Gasteiger partial charge >= 0.3 is 24.4 Å². The first kappa shape index (κ1) is 22.1. The van der Waals surface area contributed by atoms with Crippen molar-refractivity contribution in [2.24, 2.45) is 0 Å². The molecule has 0 radical (unpaired) electrons. The number of nitrogens with one attached hydrogen (secondary N) is 2. The molecule has 0 aromatic heterocycles. The van der Waals surface area contributed by atoms with E-state index < -0.39 is 47.2 Å². The Kier molecular flexibility index (Phi) is 6.40. The highest BCUT2D eigenvalue weighted by Crippen LogP contribution is 2.37. The van der Waals surface area contributed by atoms with E-state index in [0.717, 1.165) is 7.11 Å². The van der Waals surface area contributed by atoms with Crippen molar-refractivity contribution in [2.45, 2.75) is 18.4 Å². The summed E-state index contributed by atoms with van der Waals surface area (Å²) in [6.45, 7) is 0. The maximum Gasteiger partial charge on any atom is 0.416 e. The highest BCUT2D eigenvalue weighted by Gasteiger charge is 2.37. The number of benzene rings is 2. The molecule has 156 valence electrons. The summed E-state index contributed by atoms with van der Waals surface area (Å²) in [6.07, 6.45) is -10.1. The molecule has 11 heteroatoms. The molecule has 2 amide bonds. The Morgan fingerprint density at radius 1 is 0.897 bits per heavy atom. The zero-order valence-corrected chi connectivity index (χ0v) is 14.7. The fourth-order valence-electron chi connectivity index (χ4n) is 2.37. The zero-order valence-electron chi connectivity index (χ0n) is 14.7. The molecule has 2 rings (SSSR count). The molecule has 5 nitrogen and oxygen atoms in total. The molecule has 0 spiro atoms. The van der Waals surface area contributed by atoms with Gasteiger partial charge in [0.05, 0.1) is 18.2 Å². The van der Waals surface area contributed by atoms with E-state index in [4.69, 9.17) is 0 Å². The van der Waals surface area contributed by atoms with Gasteiger partial charge in [0.1, 0.15) is 0 Å². The van der Waals surface area contributed by atoms with Crippen molar-refractivity contribution < 1.29 is 40.7 Å². The molecule has 1 atom stereocenters. The molecule has 1 unspecified atom stereocenters. The lowest BCUT2D eigenvalue weighted by atomic mass is 10.1. The molecule has 2 aromatic rings. The Morgan fingerprint density at radius 3 is 1.86 bits per heavy atom. The minimum atomic E-state index is -5.06. The van der Waals surface area contributed by atoms with Crippen molar-refractivity contribution in [1.29, 1.82) is 0 Å². The molecular formula is C18H14F6N2O3. The molecule has 0 saturated carbocycles. The van der Waals surface area contributed by atoms with Crippen LogP contribution >= 0.6 is 0 Å². The van der Waals surface area contributed by atoms with E-state index in [1.54, 1.807) is 18.2 Å². The summed E-state index contributed by atoms with van der Waals surface area (Å²) < 4.78 is 82.0. The van der Waals surface area contributed by atoms with Gasteiger partial charge in [0.25, 0.3) is 0 Å². The van der Waals surface area contributed by atoms with Gasteiger partial charge in [-0.05, 0) is 23.8 Å². The molecule has 0 aliphatic rings. The number of rotatable bonds is 4. The van der Waals surface area contributed by atoms with E-state index >= 15 is 0 Å². The van der Waals surface area contributed by atoms with Crippen molar-refractivity contribution in [3.05, 3.63) is 65.2 Å². The number of urea groups is 1. The number of ether oxygens (including phenoxy) is 1. The van der Waals surface area contributed by atoms with Gasteiger partial charge in [-0.1, -0.05) is 30.3 Å². The molecule has 2 aromatic carbocycles. The summed E-state index contributed by atoms with van der Waals surface area (Å²) in [7, 11) is 1.06. The first-order valence-corrected chi connectivity index (χ1v) is 7.91. The highest BCUT2D eigenvalue weighted by atomic mass is 19.4. The SMILES string of the molecule is COC(=O)C(NC(=O)Nc1cc(C(F)(F)F)cc(C(F)(F)F)c1)c1ccccc1. The summed E-state index contributed by atoms with van der Waals surface area (Å²) >= 11 is 0. The standard InChI is InChI=1S/C18H14F6N2O3/c1-29-15(27)14(10-5-3-2-4-6-10)26-16(28)25-13-8-11(17(19,20)21)7-12(9-13)18(22,23)24/h2-9,14H,1H3,(H2,25,26,28). The van der Waals surface area contributed by atoms with E-state index in [1.807, 2.05) is 5.32 Å². The second kappa shape index (κ2) is 8.41. The number of anilines is 1. The van der Waals surface area contributed by atoms with E-state index in [2.05, 4.69) is 10.1 Å². The largest absolute Gasteiger partial charge is 0.467 e. The van der Waals surface area contributed by atoms with Gasteiger partial charge in [0.15, 0.2) is 6.04 Å². The fraction of sp³-hybridized carbons (Fsp3) is 0.222. The number of carbonyl (C=O) groups is 2. The summed E-state index contributed by atoms with van der Waals surface area (Å²) in [6, 6.07) is 5.84. The Bertz CT molecular complexity index is 849. The summed E-state index contributed by atoms with van der Waals surface area (Å²) in [5.41, 5.74) is -3.62. The molecule has 0 aliphatic carbocycles. The van der Waals surface area contributed by atoms with Crippen LogP contribution in [0.1, 0.15) is 22.7 Å². The summed E-state index contributed by atoms with van der Waals surface area (Å²) in [5, 5.41) is 4.05. The maximum absolute atomic E-state index is 12.9. The van der Waals surface area contributed by atoms with Crippen LogP contribution in [0.2, 0.25) is 0 Å². The van der Waals surface area contributed by atoms with Gasteiger partial charge in [-0.3, -0.25) is 0 Å². The second-order valence-corrected chi connectivity index (χ2v) is 5.76. The van der Waals surface area contributed by atoms with Crippen molar-refractivity contribution >= 4 is 17.7 Å². The number of methoxy groups -OCH3 is 1. The number of amides is 2. The minimum Gasteiger partial charge on any atom is -0.467 e. The number of esters is 1. The Balaban J connectivity index is 2.30. The third-order valence-corrected chi connectivity index (χ3v) is 3.69. The van der Waals surface area contributed by atoms with Gasteiger partial charge in [-0.2, -0.15) is 26.3 Å². The second-order valence-electron chi connectivity index (χ2n) is 5.76. The molecule has 0 heterocycles. The predicted molar refractivity (Wildman–Crippen MR) is 89.8 cm³/mol. The molecular weight excluding hydrogens is 406 g/mol. The van der Waals surface area contributed by atoms with Gasteiger partial charge in [-0.15, -0.1) is 0 Å². The van der Waals surface area contributed by atoms with Crippen molar-refractivity contribution in [3.63, 3.8) is 0 Å². The van der Waals surface area contributed by atoms with E-state index in [9.17, 15) is 35.9 Å². The molecule has 2 N–H and O–H groups in total. The van der Waals surface area contributed by atoms with Crippen molar-refractivity contribution in [1.82, 2.24) is 5.32 Å². The molecule has 0 fully saturated rings. The first-order valence-electron chi connectivity index (χ1n) is 7.91.